The SMILES string of the molecule is [C-]#[N+]/C(C)=c1/[nH]/c(=C(\C)[N+]#[C-])c2ccccc12. The first-order chi connectivity index (χ1) is 8.19. The van der Waals surface area contributed by atoms with Crippen molar-refractivity contribution in [3.05, 3.63) is 57.8 Å². The predicted octanol–water partition coefficient (Wildman–Crippen LogP) is 2.26. The summed E-state index contributed by atoms with van der Waals surface area (Å²) in [5.74, 6) is 0. The summed E-state index contributed by atoms with van der Waals surface area (Å²) < 4.78 is 0. The second-order valence-electron chi connectivity index (χ2n) is 3.82. The Bertz CT molecular complexity index is 713. The molecule has 2 aromatic rings. The van der Waals surface area contributed by atoms with Crippen molar-refractivity contribution in [3.8, 4) is 0 Å². The molecule has 0 unspecified atom stereocenters. The van der Waals surface area contributed by atoms with Gasteiger partial charge in [-0.15, -0.1) is 0 Å². The lowest BCUT2D eigenvalue weighted by Gasteiger charge is -1.88. The zero-order chi connectivity index (χ0) is 12.4. The minimum Gasteiger partial charge on any atom is -0.374 e. The van der Waals surface area contributed by atoms with Gasteiger partial charge in [0.2, 0.25) is 0 Å². The minimum absolute atomic E-state index is 0.616. The highest BCUT2D eigenvalue weighted by Crippen LogP contribution is 2.07. The Morgan fingerprint density at radius 3 is 1.71 bits per heavy atom. The maximum absolute atomic E-state index is 7.08. The highest BCUT2D eigenvalue weighted by Gasteiger charge is 2.03. The molecule has 82 valence electrons. The van der Waals surface area contributed by atoms with E-state index in [1.807, 2.05) is 24.3 Å². The smallest absolute Gasteiger partial charge is 0.185 e. The van der Waals surface area contributed by atoms with Crippen molar-refractivity contribution in [2.75, 3.05) is 0 Å². The van der Waals surface area contributed by atoms with Gasteiger partial charge in [0.05, 0.1) is 13.1 Å². The van der Waals surface area contributed by atoms with Crippen molar-refractivity contribution in [1.29, 1.82) is 0 Å². The molecule has 0 aliphatic carbocycles. The molecule has 1 heterocycles. The van der Waals surface area contributed by atoms with Gasteiger partial charge in [-0.1, -0.05) is 24.3 Å². The Morgan fingerprint density at radius 1 is 0.941 bits per heavy atom. The normalized spacial score (nSPS) is 13.9. The Balaban J connectivity index is 3.16. The average molecular weight is 221 g/mol. The van der Waals surface area contributed by atoms with Gasteiger partial charge in [0, 0.05) is 10.7 Å². The summed E-state index contributed by atoms with van der Waals surface area (Å²) in [4.78, 5) is 10.1. The summed E-state index contributed by atoms with van der Waals surface area (Å²) in [6.45, 7) is 17.7. The number of aromatic amines is 1. The van der Waals surface area contributed by atoms with E-state index < -0.39 is 0 Å². The molecule has 0 amide bonds. The highest BCUT2D eigenvalue weighted by atomic mass is 14.8. The fraction of sp³-hybridized carbons (Fsp3) is 0.143. The van der Waals surface area contributed by atoms with Gasteiger partial charge in [-0.2, -0.15) is 0 Å². The van der Waals surface area contributed by atoms with Crippen molar-refractivity contribution in [2.45, 2.75) is 13.8 Å². The van der Waals surface area contributed by atoms with Crippen LogP contribution in [0.4, 0.5) is 0 Å². The van der Waals surface area contributed by atoms with E-state index in [-0.39, 0.29) is 0 Å². The lowest BCUT2D eigenvalue weighted by Crippen LogP contribution is -2.12. The van der Waals surface area contributed by atoms with E-state index in [0.29, 0.717) is 11.4 Å². The molecule has 0 atom stereocenters. The highest BCUT2D eigenvalue weighted by molar-refractivity contribution is 5.86. The molecule has 2 rings (SSSR count). The van der Waals surface area contributed by atoms with Crippen molar-refractivity contribution in [2.24, 2.45) is 0 Å². The number of fused-ring (bicyclic) bond motifs is 1. The summed E-state index contributed by atoms with van der Waals surface area (Å²) in [5.41, 5.74) is 1.23. The molecular formula is C14H11N3. The summed E-state index contributed by atoms with van der Waals surface area (Å²) in [6.07, 6.45) is 0. The first kappa shape index (κ1) is 11.0. The lowest BCUT2D eigenvalue weighted by atomic mass is 10.2. The van der Waals surface area contributed by atoms with Crippen LogP contribution in [0.2, 0.25) is 0 Å². The van der Waals surface area contributed by atoms with Crippen LogP contribution < -0.4 is 10.7 Å². The number of hydrogen-bond donors (Lipinski definition) is 1. The third-order valence-corrected chi connectivity index (χ3v) is 2.77. The summed E-state index contributed by atoms with van der Waals surface area (Å²) in [6, 6.07) is 7.81. The van der Waals surface area contributed by atoms with Crippen molar-refractivity contribution < 1.29 is 0 Å². The van der Waals surface area contributed by atoms with Crippen molar-refractivity contribution >= 4 is 22.2 Å². The maximum Gasteiger partial charge on any atom is 0.185 e. The maximum atomic E-state index is 7.08. The molecule has 0 saturated carbocycles. The summed E-state index contributed by atoms with van der Waals surface area (Å²) in [7, 11) is 0. The zero-order valence-electron chi connectivity index (χ0n) is 9.70. The van der Waals surface area contributed by atoms with Gasteiger partial charge >= 0.3 is 0 Å². The number of H-pyrrole nitrogens is 1. The van der Waals surface area contributed by atoms with Crippen LogP contribution in [0.15, 0.2) is 24.3 Å². The van der Waals surface area contributed by atoms with Crippen molar-refractivity contribution in [1.82, 2.24) is 4.98 Å². The molecular weight excluding hydrogens is 210 g/mol. The van der Waals surface area contributed by atoms with E-state index in [1.165, 1.54) is 0 Å². The van der Waals surface area contributed by atoms with Crippen LogP contribution in [0.3, 0.4) is 0 Å². The quantitative estimate of drug-likeness (QED) is 0.660. The molecule has 0 radical (unpaired) electrons. The average Bonchev–Trinajstić information content (AvgIpc) is 2.76. The van der Waals surface area contributed by atoms with Gasteiger partial charge in [0.25, 0.3) is 0 Å². The Morgan fingerprint density at radius 2 is 1.35 bits per heavy atom. The van der Waals surface area contributed by atoms with E-state index in [2.05, 4.69) is 14.7 Å². The van der Waals surface area contributed by atoms with Crippen LogP contribution in [0.25, 0.3) is 31.9 Å². The number of rotatable bonds is 0. The van der Waals surface area contributed by atoms with E-state index in [1.54, 1.807) is 13.8 Å². The minimum atomic E-state index is 0.616. The fourth-order valence-electron chi connectivity index (χ4n) is 1.86. The van der Waals surface area contributed by atoms with Gasteiger partial charge in [-0.05, 0) is 24.6 Å². The van der Waals surface area contributed by atoms with E-state index in [0.717, 1.165) is 21.5 Å². The standard InChI is InChI=1S/C14H11N3/c1-9(15-3)13-11-7-5-6-8-12(11)14(17-13)10(2)16-4/h5-8,17H,1-2H3/b13-9+,14-10+. The van der Waals surface area contributed by atoms with E-state index in [9.17, 15) is 0 Å². The first-order valence-electron chi connectivity index (χ1n) is 5.22. The summed E-state index contributed by atoms with van der Waals surface area (Å²) in [5, 5.41) is 3.63. The van der Waals surface area contributed by atoms with Crippen molar-refractivity contribution in [3.63, 3.8) is 0 Å². The molecule has 17 heavy (non-hydrogen) atoms. The number of nitrogens with zero attached hydrogens (tertiary/aromatic N) is 2. The van der Waals surface area contributed by atoms with Gasteiger partial charge in [0.15, 0.2) is 11.4 Å². The zero-order valence-corrected chi connectivity index (χ0v) is 9.70. The first-order valence-corrected chi connectivity index (χ1v) is 5.22. The molecule has 0 bridgehead atoms. The van der Waals surface area contributed by atoms with Crippen LogP contribution in [-0.4, -0.2) is 4.98 Å². The van der Waals surface area contributed by atoms with Crippen LogP contribution in [0, 0.1) is 13.1 Å². The number of nitrogens with one attached hydrogen (secondary N) is 1. The predicted molar refractivity (Wildman–Crippen MR) is 68.9 cm³/mol. The topological polar surface area (TPSA) is 24.5 Å². The lowest BCUT2D eigenvalue weighted by molar-refractivity contribution is 1.25. The fourth-order valence-corrected chi connectivity index (χ4v) is 1.86. The second kappa shape index (κ2) is 4.15. The number of benzene rings is 1. The Labute approximate surface area is 99.3 Å². The van der Waals surface area contributed by atoms with Gasteiger partial charge in [0.1, 0.15) is 0 Å². The Kier molecular flexibility index (Phi) is 2.68. The molecule has 1 N–H and O–H groups in total. The van der Waals surface area contributed by atoms with E-state index in [4.69, 9.17) is 13.1 Å². The number of hydrogen-bond acceptors (Lipinski definition) is 0. The molecule has 0 aliphatic rings. The summed E-state index contributed by atoms with van der Waals surface area (Å²) >= 11 is 0. The number of aromatic nitrogens is 1. The van der Waals surface area contributed by atoms with Gasteiger partial charge in [-0.3, -0.25) is 0 Å². The van der Waals surface area contributed by atoms with Gasteiger partial charge < -0.3 is 4.98 Å². The van der Waals surface area contributed by atoms with Crippen LogP contribution in [0.1, 0.15) is 13.8 Å². The molecule has 3 heteroatoms. The third kappa shape index (κ3) is 1.68. The van der Waals surface area contributed by atoms with Crippen LogP contribution in [-0.2, 0) is 0 Å². The molecule has 0 fully saturated rings. The van der Waals surface area contributed by atoms with Crippen LogP contribution in [0.5, 0.6) is 0 Å². The largest absolute Gasteiger partial charge is 0.374 e. The van der Waals surface area contributed by atoms with Gasteiger partial charge in [-0.25, -0.2) is 9.69 Å². The molecule has 1 aromatic carbocycles. The molecule has 0 spiro atoms. The monoisotopic (exact) mass is 221 g/mol. The molecule has 3 nitrogen and oxygen atoms in total. The van der Waals surface area contributed by atoms with Crippen LogP contribution >= 0.6 is 0 Å². The third-order valence-electron chi connectivity index (χ3n) is 2.77. The molecule has 0 saturated heterocycles. The van der Waals surface area contributed by atoms with E-state index >= 15 is 0 Å². The molecule has 1 aromatic heterocycles. The second-order valence-corrected chi connectivity index (χ2v) is 3.82. The molecule has 0 aliphatic heterocycles. The Hall–Kier alpha value is -2.52.